The Morgan fingerprint density at radius 2 is 1.59 bits per heavy atom. The zero-order valence-electron chi connectivity index (χ0n) is 15.5. The third-order valence-electron chi connectivity index (χ3n) is 4.43. The second kappa shape index (κ2) is 7.46. The van der Waals surface area contributed by atoms with E-state index >= 15 is 0 Å². The first-order valence-corrected chi connectivity index (χ1v) is 8.47. The predicted octanol–water partition coefficient (Wildman–Crippen LogP) is 5.66. The molecule has 160 valence electrons. The van der Waals surface area contributed by atoms with E-state index in [9.17, 15) is 40.6 Å². The van der Waals surface area contributed by atoms with E-state index in [-0.39, 0.29) is 13.0 Å². The molecule has 0 aromatic heterocycles. The Hall–Kier alpha value is -2.39. The number of allylic oxidation sites excluding steroid dienone is 2. The summed E-state index contributed by atoms with van der Waals surface area (Å²) in [7, 11) is 0. The molecule has 1 fully saturated rings. The molecule has 1 saturated carbocycles. The zero-order valence-corrected chi connectivity index (χ0v) is 15.5. The number of halogens is 7. The van der Waals surface area contributed by atoms with E-state index < -0.39 is 52.7 Å². The molecule has 0 aliphatic heterocycles. The number of aliphatic hydroxyl groups excluding tert-OH is 1. The van der Waals surface area contributed by atoms with Crippen LogP contribution in [-0.2, 0) is 11.3 Å². The third-order valence-corrected chi connectivity index (χ3v) is 4.43. The van der Waals surface area contributed by atoms with E-state index in [0.29, 0.717) is 5.56 Å². The average molecular weight is 425 g/mol. The number of aliphatic hydroxyl groups is 1. The lowest BCUT2D eigenvalue weighted by molar-refractivity contribution is -0.349. The molecular weight excluding hydrogens is 407 g/mol. The average Bonchev–Trinajstić information content (AvgIpc) is 2.58. The number of hydrogen-bond donors (Lipinski definition) is 1. The minimum Gasteiger partial charge on any atom is -0.506 e. The number of carbonyl (C=O) groups excluding carboxylic acids is 1. The molecule has 29 heavy (non-hydrogen) atoms. The number of alkyl halides is 7. The zero-order chi connectivity index (χ0) is 22.3. The highest BCUT2D eigenvalue weighted by atomic mass is 19.4. The van der Waals surface area contributed by atoms with Gasteiger partial charge in [-0.15, -0.1) is 0 Å². The smallest absolute Gasteiger partial charge is 0.460 e. The Morgan fingerprint density at radius 3 is 2.10 bits per heavy atom. The van der Waals surface area contributed by atoms with Gasteiger partial charge in [0.25, 0.3) is 0 Å². The van der Waals surface area contributed by atoms with Gasteiger partial charge in [0.05, 0.1) is 17.8 Å². The van der Waals surface area contributed by atoms with Crippen molar-refractivity contribution in [3.05, 3.63) is 47.2 Å². The second-order valence-electron chi connectivity index (χ2n) is 7.56. The molecular formula is C19H18F7NO2. The fourth-order valence-electron chi connectivity index (χ4n) is 2.95. The molecule has 3 nitrogen and oxygen atoms in total. The molecule has 0 saturated heterocycles. The van der Waals surface area contributed by atoms with Crippen molar-refractivity contribution in [3.8, 4) is 0 Å². The first kappa shape index (κ1) is 22.9. The van der Waals surface area contributed by atoms with Crippen LogP contribution in [0.3, 0.4) is 0 Å². The summed E-state index contributed by atoms with van der Waals surface area (Å²) >= 11 is 0. The molecule has 1 aromatic carbocycles. The molecule has 2 rings (SSSR count). The minimum atomic E-state index is -6.64. The highest BCUT2D eigenvalue weighted by Crippen LogP contribution is 2.50. The van der Waals surface area contributed by atoms with Crippen LogP contribution in [0.4, 0.5) is 30.7 Å². The van der Waals surface area contributed by atoms with Crippen molar-refractivity contribution < 1.29 is 40.6 Å². The maximum atomic E-state index is 14.0. The molecule has 1 aliphatic carbocycles. The Bertz CT molecular complexity index is 840. The number of aliphatic imine (C=N–C) groups is 1. The van der Waals surface area contributed by atoms with Gasteiger partial charge < -0.3 is 5.11 Å². The van der Waals surface area contributed by atoms with Gasteiger partial charge in [-0.2, -0.15) is 30.7 Å². The highest BCUT2D eigenvalue weighted by Gasteiger charge is 2.75. The summed E-state index contributed by atoms with van der Waals surface area (Å²) < 4.78 is 92.1. The van der Waals surface area contributed by atoms with E-state index in [0.717, 1.165) is 0 Å². The normalized spacial score (nSPS) is 21.4. The van der Waals surface area contributed by atoms with Crippen molar-refractivity contribution in [2.24, 2.45) is 10.4 Å². The molecule has 0 bridgehead atoms. The Balaban J connectivity index is 2.59. The number of carbonyl (C=O) groups is 1. The minimum absolute atomic E-state index is 0.141. The maximum Gasteiger partial charge on any atom is 0.460 e. The van der Waals surface area contributed by atoms with Gasteiger partial charge in [0.15, 0.2) is 11.5 Å². The molecule has 1 aromatic rings. The lowest BCUT2D eigenvalue weighted by Gasteiger charge is -2.34. The van der Waals surface area contributed by atoms with E-state index in [1.54, 1.807) is 44.2 Å². The highest BCUT2D eigenvalue weighted by molar-refractivity contribution is 6.24. The summed E-state index contributed by atoms with van der Waals surface area (Å²) in [5, 5.41) is 9.76. The van der Waals surface area contributed by atoms with Crippen LogP contribution in [-0.4, -0.2) is 34.6 Å². The van der Waals surface area contributed by atoms with Gasteiger partial charge in [0.2, 0.25) is 0 Å². The van der Waals surface area contributed by atoms with Gasteiger partial charge in [0, 0.05) is 6.42 Å². The quantitative estimate of drug-likeness (QED) is 0.384. The van der Waals surface area contributed by atoms with Crippen molar-refractivity contribution in [1.82, 2.24) is 0 Å². The Kier molecular flexibility index (Phi) is 5.89. The van der Waals surface area contributed by atoms with E-state index in [1.165, 1.54) is 0 Å². The Morgan fingerprint density at radius 1 is 1.03 bits per heavy atom. The number of benzene rings is 1. The predicted molar refractivity (Wildman–Crippen MR) is 91.2 cm³/mol. The van der Waals surface area contributed by atoms with Crippen LogP contribution < -0.4 is 0 Å². The molecule has 0 amide bonds. The van der Waals surface area contributed by atoms with Crippen LogP contribution in [0.1, 0.15) is 32.3 Å². The number of ketones is 1. The maximum absolute atomic E-state index is 14.0. The van der Waals surface area contributed by atoms with Crippen LogP contribution in [0.25, 0.3) is 0 Å². The standard InChI is InChI=1S/C19H18F7NO2/c1-16(2)8-12(27-10-11-6-4-3-5-7-11)14(13(28)9-16)15(29)17(20,21)18(22,23)19(24,25)26/h3-7,29H,8-10H2,1-2H3/b15-14+,27-12?. The number of nitrogens with zero attached hydrogens (tertiary/aromatic N) is 1. The van der Waals surface area contributed by atoms with Crippen LogP contribution in [0.15, 0.2) is 46.7 Å². The molecule has 1 aliphatic rings. The number of hydrogen-bond acceptors (Lipinski definition) is 3. The summed E-state index contributed by atoms with van der Waals surface area (Å²) in [6.45, 7) is 3.02. The first-order valence-electron chi connectivity index (χ1n) is 8.47. The van der Waals surface area contributed by atoms with Crippen molar-refractivity contribution >= 4 is 11.5 Å². The van der Waals surface area contributed by atoms with Gasteiger partial charge in [-0.05, 0) is 17.4 Å². The van der Waals surface area contributed by atoms with Crippen molar-refractivity contribution in [2.45, 2.75) is 51.3 Å². The van der Waals surface area contributed by atoms with Crippen LogP contribution in [0.2, 0.25) is 0 Å². The molecule has 1 N–H and O–H groups in total. The molecule has 0 radical (unpaired) electrons. The van der Waals surface area contributed by atoms with Crippen molar-refractivity contribution in [2.75, 3.05) is 0 Å². The number of rotatable bonds is 4. The van der Waals surface area contributed by atoms with Crippen molar-refractivity contribution in [3.63, 3.8) is 0 Å². The lowest BCUT2D eigenvalue weighted by atomic mass is 9.73. The molecule has 0 spiro atoms. The second-order valence-corrected chi connectivity index (χ2v) is 7.56. The summed E-state index contributed by atoms with van der Waals surface area (Å²) in [6, 6.07) is 8.24. The van der Waals surface area contributed by atoms with E-state index in [4.69, 9.17) is 0 Å². The summed E-state index contributed by atoms with van der Waals surface area (Å²) in [5.74, 6) is -16.4. The Labute approximate surface area is 161 Å². The van der Waals surface area contributed by atoms with Gasteiger partial charge in [-0.3, -0.25) is 9.79 Å². The van der Waals surface area contributed by atoms with E-state index in [2.05, 4.69) is 4.99 Å². The fourth-order valence-corrected chi connectivity index (χ4v) is 2.95. The van der Waals surface area contributed by atoms with Gasteiger partial charge >= 0.3 is 18.0 Å². The van der Waals surface area contributed by atoms with Gasteiger partial charge in [-0.1, -0.05) is 44.2 Å². The molecule has 0 atom stereocenters. The van der Waals surface area contributed by atoms with Crippen LogP contribution >= 0.6 is 0 Å². The summed E-state index contributed by atoms with van der Waals surface area (Å²) in [4.78, 5) is 16.3. The van der Waals surface area contributed by atoms with Gasteiger partial charge in [-0.25, -0.2) is 0 Å². The van der Waals surface area contributed by atoms with Crippen LogP contribution in [0, 0.1) is 5.41 Å². The topological polar surface area (TPSA) is 49.7 Å². The molecule has 0 unspecified atom stereocenters. The SMILES string of the molecule is CC1(C)CC(=O)/C(=C(/O)C(F)(F)C(F)(F)C(F)(F)F)C(=NCc2ccccc2)C1. The summed E-state index contributed by atoms with van der Waals surface area (Å²) in [5.41, 5.74) is -1.94. The lowest BCUT2D eigenvalue weighted by Crippen LogP contribution is -2.54. The largest absolute Gasteiger partial charge is 0.506 e. The molecule has 10 heteroatoms. The van der Waals surface area contributed by atoms with Gasteiger partial charge in [0.1, 0.15) is 0 Å². The third kappa shape index (κ3) is 4.45. The monoisotopic (exact) mass is 425 g/mol. The summed E-state index contributed by atoms with van der Waals surface area (Å²) in [6.07, 6.45) is -7.23. The van der Waals surface area contributed by atoms with Crippen LogP contribution in [0.5, 0.6) is 0 Å². The number of Topliss-reactive ketones (excluding diaryl/α,β-unsaturated/α-hetero) is 1. The first-order chi connectivity index (χ1) is 13.1. The fraction of sp³-hybridized carbons (Fsp3) is 0.474. The van der Waals surface area contributed by atoms with Crippen molar-refractivity contribution in [1.29, 1.82) is 0 Å². The van der Waals surface area contributed by atoms with E-state index in [1.807, 2.05) is 0 Å². The molecule has 0 heterocycles.